The minimum atomic E-state index is -0.554. The van der Waals surface area contributed by atoms with Crippen LogP contribution in [0.25, 0.3) is 0 Å². The van der Waals surface area contributed by atoms with E-state index in [0.717, 1.165) is 24.9 Å². The summed E-state index contributed by atoms with van der Waals surface area (Å²) in [6.45, 7) is 11.9. The van der Waals surface area contributed by atoms with E-state index in [1.807, 2.05) is 35.2 Å². The molecule has 8 nitrogen and oxygen atoms in total. The number of hydrogen-bond donors (Lipinski definition) is 3. The Balaban J connectivity index is 1.76. The number of likely N-dealkylation sites (tertiary alicyclic amines) is 1. The monoisotopic (exact) mass is 460 g/mol. The van der Waals surface area contributed by atoms with Crippen molar-refractivity contribution in [3.05, 3.63) is 35.9 Å². The van der Waals surface area contributed by atoms with Crippen LogP contribution >= 0.6 is 0 Å². The van der Waals surface area contributed by atoms with Crippen LogP contribution in [0.4, 0.5) is 4.79 Å². The first-order valence-electron chi connectivity index (χ1n) is 11.9. The molecular formula is C25H40N4O4. The molecule has 0 bridgehead atoms. The summed E-state index contributed by atoms with van der Waals surface area (Å²) < 4.78 is 5.18. The SMILES string of the molecule is CC(C)C(NC(=O)CN1CCCC(C(=O)NCCNC(=O)OC(C)(C)C)C1)c1ccccc1. The molecular weight excluding hydrogens is 420 g/mol. The highest BCUT2D eigenvalue weighted by Crippen LogP contribution is 2.22. The topological polar surface area (TPSA) is 99.8 Å². The van der Waals surface area contributed by atoms with Gasteiger partial charge in [-0.2, -0.15) is 0 Å². The molecule has 0 saturated carbocycles. The van der Waals surface area contributed by atoms with Gasteiger partial charge in [-0.1, -0.05) is 44.2 Å². The smallest absolute Gasteiger partial charge is 0.407 e. The number of amides is 3. The fraction of sp³-hybridized carbons (Fsp3) is 0.640. The van der Waals surface area contributed by atoms with Gasteiger partial charge in [0, 0.05) is 19.6 Å². The average molecular weight is 461 g/mol. The molecule has 0 spiro atoms. The van der Waals surface area contributed by atoms with Crippen LogP contribution < -0.4 is 16.0 Å². The molecule has 1 heterocycles. The van der Waals surface area contributed by atoms with Crippen molar-refractivity contribution in [3.8, 4) is 0 Å². The predicted octanol–water partition coefficient (Wildman–Crippen LogP) is 2.85. The summed E-state index contributed by atoms with van der Waals surface area (Å²) in [6.07, 6.45) is 1.16. The Morgan fingerprint density at radius 3 is 2.39 bits per heavy atom. The van der Waals surface area contributed by atoms with E-state index in [1.165, 1.54) is 0 Å². The standard InChI is InChI=1S/C25H40N4O4/c1-18(2)22(19-10-7-6-8-11-19)28-21(30)17-29-15-9-12-20(16-29)23(31)26-13-14-27-24(32)33-25(3,4)5/h6-8,10-11,18,20,22H,9,12-17H2,1-5H3,(H,26,31)(H,27,32)(H,28,30). The molecule has 3 N–H and O–H groups in total. The van der Waals surface area contributed by atoms with E-state index in [0.29, 0.717) is 19.6 Å². The van der Waals surface area contributed by atoms with Crippen molar-refractivity contribution in [2.45, 2.75) is 59.1 Å². The van der Waals surface area contributed by atoms with Gasteiger partial charge in [-0.05, 0) is 51.6 Å². The lowest BCUT2D eigenvalue weighted by Crippen LogP contribution is -2.48. The second-order valence-electron chi connectivity index (χ2n) is 9.99. The third-order valence-corrected chi connectivity index (χ3v) is 5.48. The van der Waals surface area contributed by atoms with Crippen LogP contribution in [-0.2, 0) is 14.3 Å². The summed E-state index contributed by atoms with van der Waals surface area (Å²) >= 11 is 0. The summed E-state index contributed by atoms with van der Waals surface area (Å²) in [4.78, 5) is 39.0. The molecule has 1 aromatic rings. The van der Waals surface area contributed by atoms with E-state index in [4.69, 9.17) is 4.74 Å². The van der Waals surface area contributed by atoms with Crippen molar-refractivity contribution in [1.29, 1.82) is 0 Å². The minimum Gasteiger partial charge on any atom is -0.444 e. The van der Waals surface area contributed by atoms with Crippen molar-refractivity contribution in [2.75, 3.05) is 32.7 Å². The highest BCUT2D eigenvalue weighted by Gasteiger charge is 2.27. The lowest BCUT2D eigenvalue weighted by molar-refractivity contribution is -0.129. The maximum absolute atomic E-state index is 12.7. The Kier molecular flexibility index (Phi) is 10.2. The lowest BCUT2D eigenvalue weighted by Gasteiger charge is -2.32. The van der Waals surface area contributed by atoms with Gasteiger partial charge < -0.3 is 20.7 Å². The quantitative estimate of drug-likeness (QED) is 0.492. The number of nitrogens with zero attached hydrogens (tertiary/aromatic N) is 1. The first kappa shape index (κ1) is 26.6. The Hall–Kier alpha value is -2.61. The van der Waals surface area contributed by atoms with Crippen LogP contribution in [0.3, 0.4) is 0 Å². The number of ether oxygens (including phenoxy) is 1. The molecule has 2 unspecified atom stereocenters. The molecule has 1 aliphatic rings. The molecule has 1 aromatic carbocycles. The molecule has 3 amide bonds. The fourth-order valence-electron chi connectivity index (χ4n) is 3.94. The van der Waals surface area contributed by atoms with Crippen LogP contribution in [0.5, 0.6) is 0 Å². The van der Waals surface area contributed by atoms with Crippen LogP contribution in [-0.4, -0.2) is 61.1 Å². The zero-order valence-electron chi connectivity index (χ0n) is 20.6. The highest BCUT2D eigenvalue weighted by atomic mass is 16.6. The number of rotatable bonds is 9. The van der Waals surface area contributed by atoms with E-state index in [9.17, 15) is 14.4 Å². The third-order valence-electron chi connectivity index (χ3n) is 5.48. The van der Waals surface area contributed by atoms with E-state index in [2.05, 4.69) is 29.8 Å². The molecule has 2 rings (SSSR count). The maximum atomic E-state index is 12.7. The Labute approximate surface area is 197 Å². The summed E-state index contributed by atoms with van der Waals surface area (Å²) in [5.41, 5.74) is 0.540. The number of alkyl carbamates (subject to hydrolysis) is 1. The van der Waals surface area contributed by atoms with Crippen molar-refractivity contribution < 1.29 is 19.1 Å². The normalized spacial score (nSPS) is 17.8. The predicted molar refractivity (Wildman–Crippen MR) is 129 cm³/mol. The number of nitrogens with one attached hydrogen (secondary N) is 3. The van der Waals surface area contributed by atoms with Gasteiger partial charge in [0.05, 0.1) is 18.5 Å². The lowest BCUT2D eigenvalue weighted by atomic mass is 9.95. The van der Waals surface area contributed by atoms with Crippen molar-refractivity contribution in [1.82, 2.24) is 20.9 Å². The summed E-state index contributed by atoms with van der Waals surface area (Å²) in [7, 11) is 0. The number of hydrogen-bond acceptors (Lipinski definition) is 5. The molecule has 33 heavy (non-hydrogen) atoms. The first-order valence-corrected chi connectivity index (χ1v) is 11.9. The number of carbonyl (C=O) groups is 3. The molecule has 0 aliphatic carbocycles. The van der Waals surface area contributed by atoms with E-state index < -0.39 is 11.7 Å². The molecule has 8 heteroatoms. The Bertz CT molecular complexity index is 776. The summed E-state index contributed by atoms with van der Waals surface area (Å²) in [6, 6.07) is 9.95. The van der Waals surface area contributed by atoms with Crippen molar-refractivity contribution in [3.63, 3.8) is 0 Å². The van der Waals surface area contributed by atoms with Gasteiger partial charge in [0.25, 0.3) is 0 Å². The number of piperidine rings is 1. The van der Waals surface area contributed by atoms with Gasteiger partial charge in [0.1, 0.15) is 5.60 Å². The van der Waals surface area contributed by atoms with Gasteiger partial charge >= 0.3 is 6.09 Å². The minimum absolute atomic E-state index is 0.0276. The fourth-order valence-corrected chi connectivity index (χ4v) is 3.94. The molecule has 1 aliphatic heterocycles. The Morgan fingerprint density at radius 2 is 1.76 bits per heavy atom. The van der Waals surface area contributed by atoms with Crippen LogP contribution in [0, 0.1) is 11.8 Å². The van der Waals surface area contributed by atoms with Crippen molar-refractivity contribution >= 4 is 17.9 Å². The zero-order chi connectivity index (χ0) is 24.4. The second-order valence-corrected chi connectivity index (χ2v) is 9.99. The van der Waals surface area contributed by atoms with Crippen LogP contribution in [0.2, 0.25) is 0 Å². The average Bonchev–Trinajstić information content (AvgIpc) is 2.74. The molecule has 0 aromatic heterocycles. The molecule has 2 atom stereocenters. The Morgan fingerprint density at radius 1 is 1.09 bits per heavy atom. The first-order chi connectivity index (χ1) is 15.5. The summed E-state index contributed by atoms with van der Waals surface area (Å²) in [5.74, 6) is 0.0317. The zero-order valence-corrected chi connectivity index (χ0v) is 20.6. The largest absolute Gasteiger partial charge is 0.444 e. The maximum Gasteiger partial charge on any atom is 0.407 e. The third kappa shape index (κ3) is 9.82. The van der Waals surface area contributed by atoms with Gasteiger partial charge in [-0.15, -0.1) is 0 Å². The van der Waals surface area contributed by atoms with Crippen LogP contribution in [0.1, 0.15) is 59.1 Å². The highest BCUT2D eigenvalue weighted by molar-refractivity contribution is 5.80. The molecule has 1 saturated heterocycles. The molecule has 1 fully saturated rings. The van der Waals surface area contributed by atoms with Gasteiger partial charge in [-0.25, -0.2) is 4.79 Å². The molecule has 184 valence electrons. The second kappa shape index (κ2) is 12.6. The number of carbonyl (C=O) groups excluding carboxylic acids is 3. The molecule has 0 radical (unpaired) electrons. The van der Waals surface area contributed by atoms with Crippen molar-refractivity contribution in [2.24, 2.45) is 11.8 Å². The van der Waals surface area contributed by atoms with Gasteiger partial charge in [-0.3, -0.25) is 14.5 Å². The van der Waals surface area contributed by atoms with Gasteiger partial charge in [0.2, 0.25) is 11.8 Å². The van der Waals surface area contributed by atoms with Gasteiger partial charge in [0.15, 0.2) is 0 Å². The van der Waals surface area contributed by atoms with E-state index in [-0.39, 0.29) is 36.2 Å². The van der Waals surface area contributed by atoms with E-state index in [1.54, 1.807) is 20.8 Å². The van der Waals surface area contributed by atoms with Crippen LogP contribution in [0.15, 0.2) is 30.3 Å². The summed E-state index contributed by atoms with van der Waals surface area (Å²) in [5, 5.41) is 8.67. The van der Waals surface area contributed by atoms with E-state index >= 15 is 0 Å². The number of benzene rings is 1.